The Morgan fingerprint density at radius 1 is 1.06 bits per heavy atom. The van der Waals surface area contributed by atoms with Crippen molar-refractivity contribution in [2.24, 2.45) is 7.05 Å². The van der Waals surface area contributed by atoms with E-state index < -0.39 is 9.84 Å². The van der Waals surface area contributed by atoms with Gasteiger partial charge in [-0.25, -0.2) is 8.42 Å². The second-order valence-electron chi connectivity index (χ2n) is 8.12. The van der Waals surface area contributed by atoms with E-state index in [1.165, 1.54) is 4.57 Å². The molecule has 32 heavy (non-hydrogen) atoms. The number of sulfone groups is 1. The van der Waals surface area contributed by atoms with E-state index in [0.29, 0.717) is 28.9 Å². The molecule has 5 nitrogen and oxygen atoms in total. The van der Waals surface area contributed by atoms with Gasteiger partial charge in [0, 0.05) is 35.3 Å². The molecule has 2 aromatic carbocycles. The van der Waals surface area contributed by atoms with Crippen LogP contribution in [-0.4, -0.2) is 13.0 Å². The highest BCUT2D eigenvalue weighted by molar-refractivity contribution is 7.93. The molecule has 0 radical (unpaired) electrons. The summed E-state index contributed by atoms with van der Waals surface area (Å²) in [6, 6.07) is 11.3. The lowest BCUT2D eigenvalue weighted by molar-refractivity contribution is 0.476. The van der Waals surface area contributed by atoms with Crippen LogP contribution < -0.4 is 10.3 Å². The van der Waals surface area contributed by atoms with Crippen LogP contribution in [0.2, 0.25) is 0 Å². The fourth-order valence-corrected chi connectivity index (χ4v) is 4.79. The fraction of sp³-hybridized carbons (Fsp3) is 0.269. The normalized spacial score (nSPS) is 11.4. The molecular weight excluding hydrogens is 422 g/mol. The van der Waals surface area contributed by atoms with Gasteiger partial charge < -0.3 is 9.30 Å². The maximum absolute atomic E-state index is 12.5. The lowest BCUT2D eigenvalue weighted by Crippen LogP contribution is -2.20. The van der Waals surface area contributed by atoms with Crippen LogP contribution in [0.5, 0.6) is 11.5 Å². The molecule has 0 aliphatic heterocycles. The van der Waals surface area contributed by atoms with E-state index in [1.807, 2.05) is 39.8 Å². The predicted octanol–water partition coefficient (Wildman–Crippen LogP) is 5.39. The third-order valence-electron chi connectivity index (χ3n) is 5.47. The number of aryl methyl sites for hydroxylation is 5. The van der Waals surface area contributed by atoms with Crippen molar-refractivity contribution in [2.75, 3.05) is 0 Å². The first-order valence-corrected chi connectivity index (χ1v) is 12.2. The standard InChI is InChI=1S/C26H29NO4S/c1-7-20-14-22(15-27(6)26(20)28)24-21(16-32(29,30)8-2)10-9-11-23(24)31-25-18(4)12-17(3)13-19(25)5/h8-15H,2,7,16H2,1,3-6H3. The number of pyridine rings is 1. The first kappa shape index (κ1) is 23.5. The average molecular weight is 452 g/mol. The van der Waals surface area contributed by atoms with E-state index in [0.717, 1.165) is 33.4 Å². The lowest BCUT2D eigenvalue weighted by atomic mass is 9.98. The highest BCUT2D eigenvalue weighted by Gasteiger charge is 2.20. The predicted molar refractivity (Wildman–Crippen MR) is 130 cm³/mol. The summed E-state index contributed by atoms with van der Waals surface area (Å²) in [5, 5.41) is 0.969. The van der Waals surface area contributed by atoms with Gasteiger partial charge in [0.05, 0.1) is 5.75 Å². The van der Waals surface area contributed by atoms with Crippen molar-refractivity contribution in [3.8, 4) is 22.6 Å². The number of hydrogen-bond acceptors (Lipinski definition) is 4. The van der Waals surface area contributed by atoms with Crippen molar-refractivity contribution in [3.05, 3.63) is 92.8 Å². The van der Waals surface area contributed by atoms with Gasteiger partial charge in [0.1, 0.15) is 11.5 Å². The van der Waals surface area contributed by atoms with Gasteiger partial charge in [-0.2, -0.15) is 0 Å². The number of benzene rings is 2. The number of rotatable bonds is 7. The Kier molecular flexibility index (Phi) is 6.74. The molecule has 0 saturated carbocycles. The van der Waals surface area contributed by atoms with Crippen LogP contribution in [0.3, 0.4) is 0 Å². The zero-order chi connectivity index (χ0) is 23.6. The van der Waals surface area contributed by atoms with Gasteiger partial charge in [0.2, 0.25) is 0 Å². The molecule has 0 bridgehead atoms. The van der Waals surface area contributed by atoms with Gasteiger partial charge in [0.25, 0.3) is 5.56 Å². The molecule has 0 N–H and O–H groups in total. The topological polar surface area (TPSA) is 65.4 Å². The Hall–Kier alpha value is -3.12. The maximum Gasteiger partial charge on any atom is 0.253 e. The minimum Gasteiger partial charge on any atom is -0.456 e. The highest BCUT2D eigenvalue weighted by atomic mass is 32.2. The van der Waals surface area contributed by atoms with Gasteiger partial charge in [-0.3, -0.25) is 4.79 Å². The molecule has 3 aromatic rings. The molecule has 0 amide bonds. The van der Waals surface area contributed by atoms with Gasteiger partial charge in [-0.05, 0) is 56.0 Å². The molecule has 0 aliphatic rings. The van der Waals surface area contributed by atoms with Gasteiger partial charge in [-0.1, -0.05) is 43.3 Å². The van der Waals surface area contributed by atoms with Crippen LogP contribution in [0.25, 0.3) is 11.1 Å². The van der Waals surface area contributed by atoms with Gasteiger partial charge in [0.15, 0.2) is 9.84 Å². The zero-order valence-corrected chi connectivity index (χ0v) is 20.0. The van der Waals surface area contributed by atoms with Crippen LogP contribution >= 0.6 is 0 Å². The Morgan fingerprint density at radius 3 is 2.31 bits per heavy atom. The summed E-state index contributed by atoms with van der Waals surface area (Å²) < 4.78 is 32.7. The van der Waals surface area contributed by atoms with Crippen LogP contribution in [0.15, 0.2) is 59.4 Å². The van der Waals surface area contributed by atoms with Crippen LogP contribution in [0.1, 0.15) is 34.7 Å². The van der Waals surface area contributed by atoms with Crippen LogP contribution in [-0.2, 0) is 29.1 Å². The summed E-state index contributed by atoms with van der Waals surface area (Å²) in [7, 11) is -1.81. The maximum atomic E-state index is 12.5. The van der Waals surface area contributed by atoms with E-state index in [4.69, 9.17) is 4.74 Å². The van der Waals surface area contributed by atoms with Crippen molar-refractivity contribution in [3.63, 3.8) is 0 Å². The van der Waals surface area contributed by atoms with E-state index in [2.05, 4.69) is 18.7 Å². The fourth-order valence-electron chi connectivity index (χ4n) is 3.99. The largest absolute Gasteiger partial charge is 0.456 e. The molecule has 0 saturated heterocycles. The average Bonchev–Trinajstić information content (AvgIpc) is 2.72. The van der Waals surface area contributed by atoms with E-state index in [-0.39, 0.29) is 11.3 Å². The molecule has 0 fully saturated rings. The molecule has 0 spiro atoms. The summed E-state index contributed by atoms with van der Waals surface area (Å²) in [5.41, 5.74) is 5.69. The molecule has 168 valence electrons. The SMILES string of the molecule is C=CS(=O)(=O)Cc1cccc(Oc2c(C)cc(C)cc2C)c1-c1cc(CC)c(=O)n(C)c1. The first-order chi connectivity index (χ1) is 15.1. The molecule has 6 heteroatoms. The summed E-state index contributed by atoms with van der Waals surface area (Å²) in [5.74, 6) is 1.07. The van der Waals surface area contributed by atoms with Crippen LogP contribution in [0, 0.1) is 20.8 Å². The molecule has 0 unspecified atom stereocenters. The van der Waals surface area contributed by atoms with E-state index >= 15 is 0 Å². The highest BCUT2D eigenvalue weighted by Crippen LogP contribution is 2.39. The van der Waals surface area contributed by atoms with Crippen molar-refractivity contribution >= 4 is 9.84 Å². The molecule has 3 rings (SSSR count). The molecule has 1 aromatic heterocycles. The lowest BCUT2D eigenvalue weighted by Gasteiger charge is -2.19. The minimum atomic E-state index is -3.51. The van der Waals surface area contributed by atoms with Crippen molar-refractivity contribution in [1.82, 2.24) is 4.57 Å². The van der Waals surface area contributed by atoms with Gasteiger partial charge >= 0.3 is 0 Å². The smallest absolute Gasteiger partial charge is 0.253 e. The second kappa shape index (κ2) is 9.17. The van der Waals surface area contributed by atoms with Crippen molar-refractivity contribution < 1.29 is 13.2 Å². The molecular formula is C26H29NO4S. The monoisotopic (exact) mass is 451 g/mol. The quantitative estimate of drug-likeness (QED) is 0.483. The van der Waals surface area contributed by atoms with Gasteiger partial charge in [-0.15, -0.1) is 0 Å². The Labute approximate surface area is 189 Å². The van der Waals surface area contributed by atoms with Crippen molar-refractivity contribution in [1.29, 1.82) is 0 Å². The molecule has 0 atom stereocenters. The Balaban J connectivity index is 2.29. The third-order valence-corrected chi connectivity index (χ3v) is 6.69. The zero-order valence-electron chi connectivity index (χ0n) is 19.2. The number of ether oxygens (including phenoxy) is 1. The Bertz CT molecular complexity index is 1330. The second-order valence-corrected chi connectivity index (χ2v) is 10.1. The van der Waals surface area contributed by atoms with E-state index in [9.17, 15) is 13.2 Å². The van der Waals surface area contributed by atoms with Crippen molar-refractivity contribution in [2.45, 2.75) is 39.9 Å². The summed E-state index contributed by atoms with van der Waals surface area (Å²) >= 11 is 0. The number of hydrogen-bond donors (Lipinski definition) is 0. The Morgan fingerprint density at radius 2 is 1.72 bits per heavy atom. The third kappa shape index (κ3) is 4.86. The summed E-state index contributed by atoms with van der Waals surface area (Å²) in [6.07, 6.45) is 2.29. The number of nitrogens with zero attached hydrogens (tertiary/aromatic N) is 1. The summed E-state index contributed by atoms with van der Waals surface area (Å²) in [6.45, 7) is 11.4. The number of aromatic nitrogens is 1. The minimum absolute atomic E-state index is 0.0693. The summed E-state index contributed by atoms with van der Waals surface area (Å²) in [4.78, 5) is 12.5. The van der Waals surface area contributed by atoms with Crippen LogP contribution in [0.4, 0.5) is 0 Å². The first-order valence-electron chi connectivity index (χ1n) is 10.5. The van der Waals surface area contributed by atoms with E-state index in [1.54, 1.807) is 25.4 Å². The molecule has 0 aliphatic carbocycles. The molecule has 1 heterocycles.